The first-order chi connectivity index (χ1) is 12.4. The molecule has 0 aliphatic carbocycles. The molecular formula is C17H17ClN4O3S. The molecule has 0 saturated carbocycles. The summed E-state index contributed by atoms with van der Waals surface area (Å²) in [5, 5.41) is 8.63. The fraction of sp³-hybridized carbons (Fsp3) is 0.294. The number of benzene rings is 1. The lowest BCUT2D eigenvalue weighted by Crippen LogP contribution is -2.22. The SMILES string of the molecule is O=C(Cn1ccc2ccc(Cl)cc21)Nc1ccnn1C1CCS(=O)(=O)C1. The highest BCUT2D eigenvalue weighted by Gasteiger charge is 2.31. The standard InChI is InChI=1S/C17H17ClN4O3S/c18-13-2-1-12-4-7-21(15(12)9-13)10-17(23)20-16-3-6-19-22(16)14-5-8-26(24,25)11-14/h1-4,6-7,9,14H,5,8,10-11H2,(H,20,23). The highest BCUT2D eigenvalue weighted by atomic mass is 35.5. The molecule has 3 aromatic rings. The van der Waals surface area contributed by atoms with Crippen molar-refractivity contribution in [3.05, 3.63) is 47.7 Å². The molecule has 0 bridgehead atoms. The van der Waals surface area contributed by atoms with Gasteiger partial charge in [0.25, 0.3) is 0 Å². The van der Waals surface area contributed by atoms with Crippen LogP contribution in [0, 0.1) is 0 Å². The van der Waals surface area contributed by atoms with E-state index in [9.17, 15) is 13.2 Å². The number of nitrogens with one attached hydrogen (secondary N) is 1. The number of hydrogen-bond acceptors (Lipinski definition) is 4. The molecule has 7 nitrogen and oxygen atoms in total. The molecule has 1 aromatic carbocycles. The van der Waals surface area contributed by atoms with Crippen LogP contribution in [0.15, 0.2) is 42.7 Å². The lowest BCUT2D eigenvalue weighted by molar-refractivity contribution is -0.116. The molecule has 1 saturated heterocycles. The van der Waals surface area contributed by atoms with Crippen molar-refractivity contribution in [3.8, 4) is 0 Å². The van der Waals surface area contributed by atoms with Gasteiger partial charge in [0.1, 0.15) is 12.4 Å². The first-order valence-electron chi connectivity index (χ1n) is 8.19. The molecule has 3 heterocycles. The Bertz CT molecular complexity index is 1090. The van der Waals surface area contributed by atoms with Crippen molar-refractivity contribution in [1.29, 1.82) is 0 Å². The molecule has 1 unspecified atom stereocenters. The molecule has 2 aromatic heterocycles. The van der Waals surface area contributed by atoms with E-state index >= 15 is 0 Å². The van der Waals surface area contributed by atoms with Gasteiger partial charge in [-0.05, 0) is 30.0 Å². The fourth-order valence-corrected chi connectivity index (χ4v) is 5.16. The van der Waals surface area contributed by atoms with Gasteiger partial charge in [0.15, 0.2) is 9.84 Å². The molecule has 26 heavy (non-hydrogen) atoms. The number of sulfone groups is 1. The van der Waals surface area contributed by atoms with Crippen molar-refractivity contribution in [1.82, 2.24) is 14.3 Å². The Kier molecular flexibility index (Phi) is 4.24. The number of hydrogen-bond donors (Lipinski definition) is 1. The molecule has 1 amide bonds. The Morgan fingerprint density at radius 1 is 1.31 bits per heavy atom. The Labute approximate surface area is 155 Å². The summed E-state index contributed by atoms with van der Waals surface area (Å²) in [5.74, 6) is 0.496. The van der Waals surface area contributed by atoms with Gasteiger partial charge in [-0.2, -0.15) is 5.10 Å². The van der Waals surface area contributed by atoms with Gasteiger partial charge in [-0.25, -0.2) is 13.1 Å². The van der Waals surface area contributed by atoms with Crippen LogP contribution in [0.4, 0.5) is 5.82 Å². The van der Waals surface area contributed by atoms with E-state index in [2.05, 4.69) is 10.4 Å². The third-order valence-corrected chi connectivity index (χ3v) is 6.53. The molecule has 1 aliphatic rings. The Morgan fingerprint density at radius 2 is 2.15 bits per heavy atom. The summed E-state index contributed by atoms with van der Waals surface area (Å²) in [4.78, 5) is 12.5. The number of halogens is 1. The number of anilines is 1. The number of nitrogens with zero attached hydrogens (tertiary/aromatic N) is 3. The molecule has 1 aliphatic heterocycles. The topological polar surface area (TPSA) is 86.0 Å². The van der Waals surface area contributed by atoms with Crippen LogP contribution in [0.2, 0.25) is 5.02 Å². The molecule has 1 N–H and O–H groups in total. The van der Waals surface area contributed by atoms with E-state index in [1.165, 1.54) is 0 Å². The average Bonchev–Trinajstić information content (AvgIpc) is 3.27. The van der Waals surface area contributed by atoms with Gasteiger partial charge in [-0.15, -0.1) is 0 Å². The van der Waals surface area contributed by atoms with Crippen molar-refractivity contribution in [2.75, 3.05) is 16.8 Å². The van der Waals surface area contributed by atoms with E-state index in [1.807, 2.05) is 35.0 Å². The van der Waals surface area contributed by atoms with Gasteiger partial charge in [0, 0.05) is 22.8 Å². The number of rotatable bonds is 4. The summed E-state index contributed by atoms with van der Waals surface area (Å²) in [6, 6.07) is 8.89. The molecule has 0 spiro atoms. The predicted octanol–water partition coefficient (Wildman–Crippen LogP) is 2.49. The summed E-state index contributed by atoms with van der Waals surface area (Å²) in [5.41, 5.74) is 0.878. The van der Waals surface area contributed by atoms with Crippen LogP contribution in [0.25, 0.3) is 10.9 Å². The lowest BCUT2D eigenvalue weighted by atomic mass is 10.2. The van der Waals surface area contributed by atoms with E-state index in [1.54, 1.807) is 16.9 Å². The maximum absolute atomic E-state index is 12.5. The number of fused-ring (bicyclic) bond motifs is 1. The Balaban J connectivity index is 1.51. The highest BCUT2D eigenvalue weighted by Crippen LogP contribution is 2.26. The zero-order chi connectivity index (χ0) is 18.3. The monoisotopic (exact) mass is 392 g/mol. The molecule has 136 valence electrons. The second kappa shape index (κ2) is 6.44. The van der Waals surface area contributed by atoms with Crippen LogP contribution >= 0.6 is 11.6 Å². The summed E-state index contributed by atoms with van der Waals surface area (Å²) < 4.78 is 26.8. The van der Waals surface area contributed by atoms with Crippen molar-refractivity contribution in [3.63, 3.8) is 0 Å². The van der Waals surface area contributed by atoms with Crippen molar-refractivity contribution in [2.45, 2.75) is 19.0 Å². The van der Waals surface area contributed by atoms with E-state index in [4.69, 9.17) is 11.6 Å². The van der Waals surface area contributed by atoms with Gasteiger partial charge in [-0.1, -0.05) is 17.7 Å². The minimum Gasteiger partial charge on any atom is -0.338 e. The zero-order valence-electron chi connectivity index (χ0n) is 13.8. The quantitative estimate of drug-likeness (QED) is 0.739. The fourth-order valence-electron chi connectivity index (χ4n) is 3.30. The second-order valence-corrected chi connectivity index (χ2v) is 9.08. The second-order valence-electron chi connectivity index (χ2n) is 6.41. The minimum atomic E-state index is -3.03. The highest BCUT2D eigenvalue weighted by molar-refractivity contribution is 7.91. The largest absolute Gasteiger partial charge is 0.338 e. The van der Waals surface area contributed by atoms with Crippen molar-refractivity contribution < 1.29 is 13.2 Å². The van der Waals surface area contributed by atoms with Crippen molar-refractivity contribution >= 4 is 44.1 Å². The summed E-state index contributed by atoms with van der Waals surface area (Å²) >= 11 is 6.04. The maximum Gasteiger partial charge on any atom is 0.245 e. The summed E-state index contributed by atoms with van der Waals surface area (Å²) in [6.07, 6.45) is 3.90. The zero-order valence-corrected chi connectivity index (χ0v) is 15.4. The van der Waals surface area contributed by atoms with Crippen LogP contribution in [-0.2, 0) is 21.2 Å². The number of amides is 1. The first kappa shape index (κ1) is 17.1. The van der Waals surface area contributed by atoms with E-state index in [0.29, 0.717) is 17.3 Å². The van der Waals surface area contributed by atoms with Gasteiger partial charge < -0.3 is 9.88 Å². The number of aromatic nitrogens is 3. The van der Waals surface area contributed by atoms with Crippen LogP contribution in [0.1, 0.15) is 12.5 Å². The number of carbonyl (C=O) groups is 1. The van der Waals surface area contributed by atoms with Crippen LogP contribution in [0.3, 0.4) is 0 Å². The Morgan fingerprint density at radius 3 is 2.92 bits per heavy atom. The maximum atomic E-state index is 12.5. The lowest BCUT2D eigenvalue weighted by Gasteiger charge is -2.14. The molecule has 0 radical (unpaired) electrons. The molecule has 4 rings (SSSR count). The Hall–Kier alpha value is -2.32. The molecule has 1 atom stereocenters. The van der Waals surface area contributed by atoms with Gasteiger partial charge >= 0.3 is 0 Å². The smallest absolute Gasteiger partial charge is 0.245 e. The predicted molar refractivity (Wildman–Crippen MR) is 100 cm³/mol. The van der Waals surface area contributed by atoms with Gasteiger partial charge in [-0.3, -0.25) is 4.79 Å². The third kappa shape index (κ3) is 3.34. The average molecular weight is 393 g/mol. The van der Waals surface area contributed by atoms with E-state index in [0.717, 1.165) is 10.9 Å². The molecule has 9 heteroatoms. The van der Waals surface area contributed by atoms with Crippen LogP contribution in [-0.4, -0.2) is 40.2 Å². The van der Waals surface area contributed by atoms with Crippen LogP contribution in [0.5, 0.6) is 0 Å². The summed E-state index contributed by atoms with van der Waals surface area (Å²) in [6.45, 7) is 0.123. The molecular weight excluding hydrogens is 376 g/mol. The third-order valence-electron chi connectivity index (χ3n) is 4.54. The summed E-state index contributed by atoms with van der Waals surface area (Å²) in [7, 11) is -3.03. The normalized spacial score (nSPS) is 19.0. The van der Waals surface area contributed by atoms with Gasteiger partial charge in [0.05, 0.1) is 23.7 Å². The molecule has 1 fully saturated rings. The van der Waals surface area contributed by atoms with Crippen molar-refractivity contribution in [2.24, 2.45) is 0 Å². The van der Waals surface area contributed by atoms with E-state index < -0.39 is 9.84 Å². The first-order valence-corrected chi connectivity index (χ1v) is 10.4. The number of carbonyl (C=O) groups excluding carboxylic acids is 1. The minimum absolute atomic E-state index is 0.0539. The van der Waals surface area contributed by atoms with Gasteiger partial charge in [0.2, 0.25) is 5.91 Å². The van der Waals surface area contributed by atoms with Crippen LogP contribution < -0.4 is 5.32 Å². The van der Waals surface area contributed by atoms with E-state index in [-0.39, 0.29) is 30.0 Å².